The van der Waals surface area contributed by atoms with E-state index in [0.717, 1.165) is 0 Å². The Kier molecular flexibility index (Phi) is 6.33. The van der Waals surface area contributed by atoms with Crippen molar-refractivity contribution in [2.24, 2.45) is 5.16 Å². The Balaban J connectivity index is 0.00000242. The SMILES string of the molecule is O=C(C[n+]1ccc(C=NO)cc1)c1ccccc1[N+](=O)[O-].[Br-]. The summed E-state index contributed by atoms with van der Waals surface area (Å²) >= 11 is 0. The Labute approximate surface area is 136 Å². The van der Waals surface area contributed by atoms with Gasteiger partial charge in [-0.3, -0.25) is 14.9 Å². The minimum atomic E-state index is -0.571. The van der Waals surface area contributed by atoms with Crippen LogP contribution in [0.5, 0.6) is 0 Å². The number of ketones is 1. The number of hydrogen-bond donors (Lipinski definition) is 1. The zero-order valence-electron chi connectivity index (χ0n) is 11.3. The Morgan fingerprint density at radius 2 is 1.91 bits per heavy atom. The van der Waals surface area contributed by atoms with Crippen LogP contribution in [0.3, 0.4) is 0 Å². The van der Waals surface area contributed by atoms with E-state index in [1.807, 2.05) is 0 Å². The van der Waals surface area contributed by atoms with E-state index in [1.165, 1.54) is 24.4 Å². The number of pyridine rings is 1. The van der Waals surface area contributed by atoms with E-state index in [1.54, 1.807) is 35.2 Å². The Morgan fingerprint density at radius 1 is 1.27 bits per heavy atom. The number of benzene rings is 1. The van der Waals surface area contributed by atoms with Gasteiger partial charge in [0.05, 0.1) is 11.1 Å². The number of hydrogen-bond acceptors (Lipinski definition) is 5. The van der Waals surface area contributed by atoms with Crippen molar-refractivity contribution in [2.45, 2.75) is 6.54 Å². The molecule has 1 aromatic carbocycles. The number of aromatic nitrogens is 1. The molecule has 1 aromatic heterocycles. The summed E-state index contributed by atoms with van der Waals surface area (Å²) in [5.41, 5.74) is 0.551. The van der Waals surface area contributed by atoms with Crippen LogP contribution in [0.1, 0.15) is 15.9 Å². The standard InChI is InChI=1S/C14H11N3O4.BrH/c18-14(12-3-1-2-4-13(12)17(20)21)10-16-7-5-11(6-8-16)9-15-19;/h1-9H,10H2;1H. The molecule has 0 radical (unpaired) electrons. The molecule has 0 fully saturated rings. The fourth-order valence-corrected chi connectivity index (χ4v) is 1.85. The smallest absolute Gasteiger partial charge is 0.280 e. The minimum absolute atomic E-state index is 0. The fourth-order valence-electron chi connectivity index (χ4n) is 1.85. The van der Waals surface area contributed by atoms with Gasteiger partial charge in [-0.25, -0.2) is 0 Å². The van der Waals surface area contributed by atoms with Crippen LogP contribution in [-0.2, 0) is 6.54 Å². The second-order valence-electron chi connectivity index (χ2n) is 4.25. The summed E-state index contributed by atoms with van der Waals surface area (Å²) in [7, 11) is 0. The summed E-state index contributed by atoms with van der Waals surface area (Å²) in [6.45, 7) is -0.0125. The molecule has 22 heavy (non-hydrogen) atoms. The maximum Gasteiger partial charge on any atom is 0.280 e. The van der Waals surface area contributed by atoms with Gasteiger partial charge < -0.3 is 22.2 Å². The van der Waals surface area contributed by atoms with Crippen molar-refractivity contribution in [2.75, 3.05) is 0 Å². The Morgan fingerprint density at radius 3 is 2.50 bits per heavy atom. The summed E-state index contributed by atoms with van der Waals surface area (Å²) in [6.07, 6.45) is 4.52. The molecule has 1 heterocycles. The van der Waals surface area contributed by atoms with Crippen molar-refractivity contribution < 1.29 is 36.5 Å². The molecule has 0 aliphatic carbocycles. The van der Waals surface area contributed by atoms with Crippen molar-refractivity contribution in [3.05, 3.63) is 70.0 Å². The molecule has 0 saturated carbocycles. The van der Waals surface area contributed by atoms with Gasteiger partial charge in [-0.15, -0.1) is 0 Å². The third-order valence-electron chi connectivity index (χ3n) is 2.85. The number of oxime groups is 1. The lowest BCUT2D eigenvalue weighted by Crippen LogP contribution is -3.00. The van der Waals surface area contributed by atoms with E-state index in [9.17, 15) is 14.9 Å². The summed E-state index contributed by atoms with van der Waals surface area (Å²) in [5.74, 6) is -0.351. The lowest BCUT2D eigenvalue weighted by molar-refractivity contribution is -0.683. The molecule has 0 amide bonds. The van der Waals surface area contributed by atoms with Gasteiger partial charge in [0.15, 0.2) is 12.4 Å². The molecule has 0 atom stereocenters. The molecule has 0 unspecified atom stereocenters. The fraction of sp³-hybridized carbons (Fsp3) is 0.0714. The average molecular weight is 366 g/mol. The van der Waals surface area contributed by atoms with Crippen LogP contribution >= 0.6 is 0 Å². The van der Waals surface area contributed by atoms with Crippen LogP contribution in [0.25, 0.3) is 0 Å². The van der Waals surface area contributed by atoms with E-state index in [4.69, 9.17) is 5.21 Å². The quantitative estimate of drug-likeness (QED) is 0.175. The molecule has 2 aromatic rings. The van der Waals surface area contributed by atoms with E-state index < -0.39 is 4.92 Å². The topological polar surface area (TPSA) is 96.7 Å². The van der Waals surface area contributed by atoms with Crippen LogP contribution in [-0.4, -0.2) is 22.1 Å². The molecular formula is C14H12BrN3O4. The number of carbonyl (C=O) groups excluding carboxylic acids is 1. The van der Waals surface area contributed by atoms with Crippen LogP contribution in [0, 0.1) is 10.1 Å². The van der Waals surface area contributed by atoms with Crippen LogP contribution < -0.4 is 21.5 Å². The molecule has 8 heteroatoms. The Hall–Kier alpha value is -2.61. The van der Waals surface area contributed by atoms with Crippen molar-refractivity contribution in [1.82, 2.24) is 0 Å². The molecule has 0 spiro atoms. The minimum Gasteiger partial charge on any atom is -1.00 e. The lowest BCUT2D eigenvalue weighted by atomic mass is 10.1. The van der Waals surface area contributed by atoms with Gasteiger partial charge in [-0.05, 0) is 6.07 Å². The third kappa shape index (κ3) is 4.19. The third-order valence-corrected chi connectivity index (χ3v) is 2.85. The largest absolute Gasteiger partial charge is 1.00 e. The van der Waals surface area contributed by atoms with Gasteiger partial charge >= 0.3 is 0 Å². The van der Waals surface area contributed by atoms with Gasteiger partial charge in [-0.2, -0.15) is 4.57 Å². The number of nitro groups is 1. The van der Waals surface area contributed by atoms with Crippen molar-refractivity contribution in [1.29, 1.82) is 0 Å². The number of para-hydroxylation sites is 1. The van der Waals surface area contributed by atoms with Gasteiger partial charge in [0.25, 0.3) is 5.69 Å². The zero-order valence-corrected chi connectivity index (χ0v) is 12.9. The molecule has 114 valence electrons. The van der Waals surface area contributed by atoms with Crippen LogP contribution in [0.15, 0.2) is 53.9 Å². The first kappa shape index (κ1) is 17.4. The molecule has 0 aliphatic rings. The second-order valence-corrected chi connectivity index (χ2v) is 4.25. The van der Waals surface area contributed by atoms with Gasteiger partial charge in [0.1, 0.15) is 5.56 Å². The first-order chi connectivity index (χ1) is 10.1. The first-order valence-corrected chi connectivity index (χ1v) is 6.05. The predicted octanol–water partition coefficient (Wildman–Crippen LogP) is -1.42. The summed E-state index contributed by atoms with van der Waals surface area (Å²) < 4.78 is 1.59. The second kappa shape index (κ2) is 7.99. The highest BCUT2D eigenvalue weighted by Crippen LogP contribution is 2.18. The van der Waals surface area contributed by atoms with E-state index >= 15 is 0 Å². The monoisotopic (exact) mass is 365 g/mol. The van der Waals surface area contributed by atoms with Crippen molar-refractivity contribution in [3.63, 3.8) is 0 Å². The highest BCUT2D eigenvalue weighted by atomic mass is 79.9. The maximum atomic E-state index is 12.2. The highest BCUT2D eigenvalue weighted by molar-refractivity contribution is 5.98. The summed E-state index contributed by atoms with van der Waals surface area (Å²) in [4.78, 5) is 22.5. The van der Waals surface area contributed by atoms with Crippen LogP contribution in [0.4, 0.5) is 5.69 Å². The number of Topliss-reactive ketones (excluding diaryl/α,β-unsaturated/α-hetero) is 1. The van der Waals surface area contributed by atoms with E-state index in [2.05, 4.69) is 5.16 Å². The molecular weight excluding hydrogens is 354 g/mol. The Bertz CT molecular complexity index is 701. The number of carbonyl (C=O) groups is 1. The summed E-state index contributed by atoms with van der Waals surface area (Å²) in [6, 6.07) is 9.17. The number of rotatable bonds is 5. The zero-order chi connectivity index (χ0) is 15.2. The van der Waals surface area contributed by atoms with Crippen molar-refractivity contribution >= 4 is 17.7 Å². The molecule has 0 aliphatic heterocycles. The van der Waals surface area contributed by atoms with E-state index in [-0.39, 0.29) is 40.6 Å². The number of nitro benzene ring substituents is 1. The molecule has 0 bridgehead atoms. The van der Waals surface area contributed by atoms with Crippen molar-refractivity contribution in [3.8, 4) is 0 Å². The number of nitrogens with zero attached hydrogens (tertiary/aromatic N) is 3. The highest BCUT2D eigenvalue weighted by Gasteiger charge is 2.21. The maximum absolute atomic E-state index is 12.2. The normalized spacial score (nSPS) is 10.2. The predicted molar refractivity (Wildman–Crippen MR) is 73.4 cm³/mol. The number of halogens is 1. The van der Waals surface area contributed by atoms with E-state index in [0.29, 0.717) is 5.56 Å². The molecule has 2 rings (SSSR count). The van der Waals surface area contributed by atoms with Gasteiger partial charge in [0.2, 0.25) is 12.3 Å². The summed E-state index contributed by atoms with van der Waals surface area (Å²) in [5, 5.41) is 22.2. The average Bonchev–Trinajstić information content (AvgIpc) is 2.49. The first-order valence-electron chi connectivity index (χ1n) is 6.05. The van der Waals surface area contributed by atoms with Gasteiger partial charge in [-0.1, -0.05) is 17.3 Å². The van der Waals surface area contributed by atoms with Gasteiger partial charge in [0, 0.05) is 23.8 Å². The van der Waals surface area contributed by atoms with Crippen LogP contribution in [0.2, 0.25) is 0 Å². The molecule has 1 N–H and O–H groups in total. The molecule has 7 nitrogen and oxygen atoms in total. The lowest BCUT2D eigenvalue weighted by Gasteiger charge is -2.00. The molecule has 0 saturated heterocycles.